The number of aryl methyl sites for hydroxylation is 1. The van der Waals surface area contributed by atoms with Gasteiger partial charge in [-0.15, -0.1) is 0 Å². The summed E-state index contributed by atoms with van der Waals surface area (Å²) in [5.41, 5.74) is 2.00. The van der Waals surface area contributed by atoms with Gasteiger partial charge < -0.3 is 14.7 Å². The number of hydrogen-bond donors (Lipinski definition) is 1. The van der Waals surface area contributed by atoms with E-state index in [1.807, 2.05) is 12.1 Å². The third kappa shape index (κ3) is 4.18. The molecule has 1 atom stereocenters. The van der Waals surface area contributed by atoms with Crippen molar-refractivity contribution in [1.82, 2.24) is 4.98 Å². The van der Waals surface area contributed by atoms with Crippen LogP contribution in [0.5, 0.6) is 0 Å². The van der Waals surface area contributed by atoms with Crippen LogP contribution in [-0.4, -0.2) is 36.4 Å². The number of nitrogens with zero attached hydrogens (tertiary/aromatic N) is 2. The van der Waals surface area contributed by atoms with Crippen molar-refractivity contribution in [2.24, 2.45) is 0 Å². The van der Waals surface area contributed by atoms with E-state index in [1.165, 1.54) is 12.8 Å². The van der Waals surface area contributed by atoms with Crippen LogP contribution in [0.4, 0.5) is 5.82 Å². The second-order valence-corrected chi connectivity index (χ2v) is 5.60. The van der Waals surface area contributed by atoms with Crippen molar-refractivity contribution in [3.05, 3.63) is 23.4 Å². The predicted molar refractivity (Wildman–Crippen MR) is 81.0 cm³/mol. The van der Waals surface area contributed by atoms with Crippen LogP contribution in [0.15, 0.2) is 12.1 Å². The van der Waals surface area contributed by atoms with Gasteiger partial charge in [0.15, 0.2) is 0 Å². The largest absolute Gasteiger partial charge is 0.392 e. The molecule has 1 aromatic heterocycles. The number of ether oxygens (including phenoxy) is 1. The number of hydrogen-bond acceptors (Lipinski definition) is 4. The van der Waals surface area contributed by atoms with Crippen molar-refractivity contribution in [3.63, 3.8) is 0 Å². The summed E-state index contributed by atoms with van der Waals surface area (Å²) in [6, 6.07) is 3.97. The van der Waals surface area contributed by atoms with E-state index < -0.39 is 0 Å². The van der Waals surface area contributed by atoms with Gasteiger partial charge in [-0.2, -0.15) is 0 Å². The number of aliphatic hydroxyl groups is 1. The molecule has 0 bridgehead atoms. The van der Waals surface area contributed by atoms with Crippen molar-refractivity contribution < 1.29 is 9.84 Å². The van der Waals surface area contributed by atoms with Crippen LogP contribution in [0.25, 0.3) is 0 Å². The zero-order valence-corrected chi connectivity index (χ0v) is 12.6. The number of likely N-dealkylation sites (N-methyl/N-ethyl adjacent to an activating group) is 1. The van der Waals surface area contributed by atoms with Crippen LogP contribution in [-0.2, 0) is 17.8 Å². The highest BCUT2D eigenvalue weighted by Gasteiger charge is 2.17. The zero-order valence-electron chi connectivity index (χ0n) is 12.6. The maximum atomic E-state index is 9.39. The second-order valence-electron chi connectivity index (χ2n) is 5.60. The van der Waals surface area contributed by atoms with E-state index in [0.717, 1.165) is 49.5 Å². The summed E-state index contributed by atoms with van der Waals surface area (Å²) in [4.78, 5) is 6.84. The van der Waals surface area contributed by atoms with Gasteiger partial charge in [0.1, 0.15) is 5.82 Å². The maximum absolute atomic E-state index is 9.39. The summed E-state index contributed by atoms with van der Waals surface area (Å²) in [7, 11) is 2.05. The number of anilines is 1. The van der Waals surface area contributed by atoms with Crippen molar-refractivity contribution in [3.8, 4) is 0 Å². The van der Waals surface area contributed by atoms with Gasteiger partial charge in [-0.1, -0.05) is 13.3 Å². The van der Waals surface area contributed by atoms with Crippen molar-refractivity contribution >= 4 is 5.82 Å². The van der Waals surface area contributed by atoms with Crippen molar-refractivity contribution in [2.75, 3.05) is 25.1 Å². The minimum absolute atomic E-state index is 0.0694. The highest BCUT2D eigenvalue weighted by atomic mass is 16.5. The van der Waals surface area contributed by atoms with E-state index in [1.54, 1.807) is 0 Å². The average molecular weight is 278 g/mol. The summed E-state index contributed by atoms with van der Waals surface area (Å²) in [5.74, 6) is 0.939. The van der Waals surface area contributed by atoms with Crippen LogP contribution < -0.4 is 4.90 Å². The lowest BCUT2D eigenvalue weighted by molar-refractivity contribution is 0.0215. The van der Waals surface area contributed by atoms with Crippen LogP contribution in [0.3, 0.4) is 0 Å². The van der Waals surface area contributed by atoms with Gasteiger partial charge in [0, 0.05) is 25.9 Å². The first-order valence-corrected chi connectivity index (χ1v) is 7.66. The number of aromatic nitrogens is 1. The Kier molecular flexibility index (Phi) is 5.80. The molecular weight excluding hydrogens is 252 g/mol. The fourth-order valence-electron chi connectivity index (χ4n) is 2.65. The highest BCUT2D eigenvalue weighted by molar-refractivity contribution is 5.42. The minimum Gasteiger partial charge on any atom is -0.392 e. The van der Waals surface area contributed by atoms with Gasteiger partial charge >= 0.3 is 0 Å². The molecule has 0 saturated carbocycles. The van der Waals surface area contributed by atoms with E-state index in [0.29, 0.717) is 6.10 Å². The van der Waals surface area contributed by atoms with Gasteiger partial charge in [-0.05, 0) is 43.4 Å². The Bertz CT molecular complexity index is 417. The molecule has 2 heterocycles. The summed E-state index contributed by atoms with van der Waals surface area (Å²) in [6.07, 6.45) is 5.89. The second kappa shape index (κ2) is 7.60. The third-order valence-corrected chi connectivity index (χ3v) is 3.76. The van der Waals surface area contributed by atoms with E-state index in [-0.39, 0.29) is 6.61 Å². The Morgan fingerprint density at radius 3 is 2.90 bits per heavy atom. The van der Waals surface area contributed by atoms with E-state index >= 15 is 0 Å². The molecule has 4 nitrogen and oxygen atoms in total. The topological polar surface area (TPSA) is 45.6 Å². The molecule has 1 fully saturated rings. The van der Waals surface area contributed by atoms with Crippen LogP contribution in [0, 0.1) is 0 Å². The fourth-order valence-corrected chi connectivity index (χ4v) is 2.65. The quantitative estimate of drug-likeness (QED) is 0.868. The summed E-state index contributed by atoms with van der Waals surface area (Å²) >= 11 is 0. The van der Waals surface area contributed by atoms with Crippen LogP contribution in [0.1, 0.15) is 43.9 Å². The molecule has 2 rings (SSSR count). The Balaban J connectivity index is 2.06. The molecule has 1 aromatic rings. The molecule has 1 N–H and O–H groups in total. The Morgan fingerprint density at radius 1 is 1.40 bits per heavy atom. The molecule has 0 aliphatic carbocycles. The number of rotatable bonds is 6. The normalized spacial score (nSPS) is 19.1. The summed E-state index contributed by atoms with van der Waals surface area (Å²) in [5, 5.41) is 9.39. The standard InChI is InChI=1S/C16H26N2O2/c1-3-6-14-9-13(12-19)10-16(17-14)18(2)11-15-7-4-5-8-20-15/h9-10,15,19H,3-8,11-12H2,1-2H3. The first kappa shape index (κ1) is 15.3. The lowest BCUT2D eigenvalue weighted by Gasteiger charge is -2.28. The first-order valence-electron chi connectivity index (χ1n) is 7.66. The Labute approximate surface area is 121 Å². The lowest BCUT2D eigenvalue weighted by Crippen LogP contribution is -2.33. The van der Waals surface area contributed by atoms with Crippen molar-refractivity contribution in [1.29, 1.82) is 0 Å². The molecule has 112 valence electrons. The predicted octanol–water partition coefficient (Wildman–Crippen LogP) is 2.53. The molecule has 1 saturated heterocycles. The Hall–Kier alpha value is -1.13. The molecule has 1 aliphatic rings. The zero-order chi connectivity index (χ0) is 14.4. The minimum atomic E-state index is 0.0694. The SMILES string of the molecule is CCCc1cc(CO)cc(N(C)CC2CCCCO2)n1. The van der Waals surface area contributed by atoms with Crippen molar-refractivity contribution in [2.45, 2.75) is 51.7 Å². The van der Waals surface area contributed by atoms with Gasteiger partial charge in [-0.3, -0.25) is 0 Å². The first-order chi connectivity index (χ1) is 9.72. The molecular formula is C16H26N2O2. The van der Waals surface area contributed by atoms with Gasteiger partial charge in [-0.25, -0.2) is 4.98 Å². The Morgan fingerprint density at radius 2 is 2.25 bits per heavy atom. The molecule has 1 aliphatic heterocycles. The van der Waals surface area contributed by atoms with Crippen LogP contribution >= 0.6 is 0 Å². The lowest BCUT2D eigenvalue weighted by atomic mass is 10.1. The van der Waals surface area contributed by atoms with Gasteiger partial charge in [0.25, 0.3) is 0 Å². The number of pyridine rings is 1. The van der Waals surface area contributed by atoms with Crippen LogP contribution in [0.2, 0.25) is 0 Å². The van der Waals surface area contributed by atoms with E-state index in [9.17, 15) is 5.11 Å². The molecule has 0 aromatic carbocycles. The molecule has 0 radical (unpaired) electrons. The fraction of sp³-hybridized carbons (Fsp3) is 0.688. The smallest absolute Gasteiger partial charge is 0.128 e. The summed E-state index contributed by atoms with van der Waals surface area (Å²) < 4.78 is 5.79. The molecule has 0 spiro atoms. The van der Waals surface area contributed by atoms with E-state index in [4.69, 9.17) is 9.72 Å². The maximum Gasteiger partial charge on any atom is 0.128 e. The molecule has 0 amide bonds. The molecule has 1 unspecified atom stereocenters. The number of aliphatic hydroxyl groups excluding tert-OH is 1. The van der Waals surface area contributed by atoms with E-state index in [2.05, 4.69) is 18.9 Å². The molecule has 4 heteroatoms. The highest BCUT2D eigenvalue weighted by Crippen LogP contribution is 2.19. The summed E-state index contributed by atoms with van der Waals surface area (Å²) in [6.45, 7) is 3.96. The average Bonchev–Trinajstić information content (AvgIpc) is 2.48. The van der Waals surface area contributed by atoms with Gasteiger partial charge in [0.05, 0.1) is 12.7 Å². The van der Waals surface area contributed by atoms with Gasteiger partial charge in [0.2, 0.25) is 0 Å². The molecule has 20 heavy (non-hydrogen) atoms. The third-order valence-electron chi connectivity index (χ3n) is 3.76. The monoisotopic (exact) mass is 278 g/mol.